The molecule has 0 aromatic carbocycles. The Kier molecular flexibility index (Phi) is 5.32. The van der Waals surface area contributed by atoms with Gasteiger partial charge >= 0.3 is 0 Å². The van der Waals surface area contributed by atoms with E-state index in [2.05, 4.69) is 40.0 Å². The molecular weight excluding hydrogens is 382 g/mol. The van der Waals surface area contributed by atoms with Gasteiger partial charge in [0, 0.05) is 26.8 Å². The average molecular weight is 404 g/mol. The first-order chi connectivity index (χ1) is 10.6. The monoisotopic (exact) mass is 403 g/mol. The van der Waals surface area contributed by atoms with Gasteiger partial charge < -0.3 is 0 Å². The minimum absolute atomic E-state index is 0.230. The predicted octanol–water partition coefficient (Wildman–Crippen LogP) is 2.16. The lowest BCUT2D eigenvalue weighted by Gasteiger charge is -2.17. The lowest BCUT2D eigenvalue weighted by molar-refractivity contribution is 0.451. The number of aryl methyl sites for hydroxylation is 2. The Morgan fingerprint density at radius 2 is 2.04 bits per heavy atom. The summed E-state index contributed by atoms with van der Waals surface area (Å²) < 4.78 is 31.1. The van der Waals surface area contributed by atoms with Gasteiger partial charge in [-0.3, -0.25) is 9.36 Å². The second-order valence-corrected chi connectivity index (χ2v) is 8.89. The summed E-state index contributed by atoms with van der Waals surface area (Å²) in [5.41, 5.74) is 1.31. The fourth-order valence-electron chi connectivity index (χ4n) is 2.30. The van der Waals surface area contributed by atoms with Gasteiger partial charge in [0.2, 0.25) is 10.0 Å². The number of aromatic nitrogens is 4. The van der Waals surface area contributed by atoms with E-state index in [1.165, 1.54) is 4.31 Å². The van der Waals surface area contributed by atoms with Crippen molar-refractivity contribution in [2.75, 3.05) is 7.05 Å². The van der Waals surface area contributed by atoms with E-state index in [0.29, 0.717) is 18.2 Å². The van der Waals surface area contributed by atoms with Crippen LogP contribution in [0.5, 0.6) is 0 Å². The van der Waals surface area contributed by atoms with Crippen molar-refractivity contribution < 1.29 is 8.42 Å². The van der Waals surface area contributed by atoms with Gasteiger partial charge in [-0.25, -0.2) is 8.42 Å². The highest BCUT2D eigenvalue weighted by atomic mass is 79.9. The zero-order chi connectivity index (χ0) is 17.4. The molecule has 0 amide bonds. The van der Waals surface area contributed by atoms with Crippen LogP contribution < -0.4 is 0 Å². The molecule has 0 radical (unpaired) electrons. The number of rotatable bonds is 6. The van der Waals surface area contributed by atoms with Crippen molar-refractivity contribution in [1.82, 2.24) is 23.9 Å². The summed E-state index contributed by atoms with van der Waals surface area (Å²) in [7, 11) is -0.258. The fraction of sp³-hybridized carbons (Fsp3) is 0.571. The van der Waals surface area contributed by atoms with Gasteiger partial charge in [0.15, 0.2) is 0 Å². The number of nitrogens with zero attached hydrogens (tertiary/aromatic N) is 5. The van der Waals surface area contributed by atoms with Crippen LogP contribution in [0.4, 0.5) is 0 Å². The Morgan fingerprint density at radius 3 is 2.57 bits per heavy atom. The van der Waals surface area contributed by atoms with E-state index in [-0.39, 0.29) is 11.4 Å². The highest BCUT2D eigenvalue weighted by molar-refractivity contribution is 9.10. The number of sulfonamides is 1. The molecule has 0 bridgehead atoms. The molecule has 0 spiro atoms. The molecule has 0 saturated carbocycles. The Morgan fingerprint density at radius 1 is 1.39 bits per heavy atom. The normalized spacial score (nSPS) is 12.5. The van der Waals surface area contributed by atoms with Crippen LogP contribution in [-0.4, -0.2) is 39.3 Å². The third-order valence-corrected chi connectivity index (χ3v) is 6.09. The maximum Gasteiger partial charge on any atom is 0.246 e. The number of halogens is 1. The summed E-state index contributed by atoms with van der Waals surface area (Å²) in [6, 6.07) is 0. The second kappa shape index (κ2) is 6.74. The first-order valence-electron chi connectivity index (χ1n) is 7.29. The maximum absolute atomic E-state index is 12.8. The van der Waals surface area contributed by atoms with Gasteiger partial charge in [-0.2, -0.15) is 14.5 Å². The van der Waals surface area contributed by atoms with Crippen LogP contribution in [0.3, 0.4) is 0 Å². The van der Waals surface area contributed by atoms with Crippen molar-refractivity contribution in [1.29, 1.82) is 0 Å². The van der Waals surface area contributed by atoms with Crippen LogP contribution in [0.15, 0.2) is 21.8 Å². The molecule has 2 aromatic rings. The molecule has 2 heterocycles. The lowest BCUT2D eigenvalue weighted by Crippen LogP contribution is -2.28. The van der Waals surface area contributed by atoms with Crippen molar-refractivity contribution in [2.24, 2.45) is 13.0 Å². The van der Waals surface area contributed by atoms with E-state index >= 15 is 0 Å². The Hall–Kier alpha value is -1.19. The summed E-state index contributed by atoms with van der Waals surface area (Å²) in [6.45, 7) is 6.77. The number of hydrogen-bond acceptors (Lipinski definition) is 4. The van der Waals surface area contributed by atoms with E-state index in [9.17, 15) is 8.42 Å². The van der Waals surface area contributed by atoms with Crippen molar-refractivity contribution in [3.05, 3.63) is 28.3 Å². The largest absolute Gasteiger partial charge is 0.271 e. The topological polar surface area (TPSA) is 73.0 Å². The highest BCUT2D eigenvalue weighted by Crippen LogP contribution is 2.23. The van der Waals surface area contributed by atoms with Crippen LogP contribution in [0.25, 0.3) is 0 Å². The van der Waals surface area contributed by atoms with Gasteiger partial charge in [-0.15, -0.1) is 0 Å². The quantitative estimate of drug-likeness (QED) is 0.740. The van der Waals surface area contributed by atoms with Crippen molar-refractivity contribution >= 4 is 26.0 Å². The summed E-state index contributed by atoms with van der Waals surface area (Å²) >= 11 is 3.39. The number of hydrogen-bond donors (Lipinski definition) is 0. The third kappa shape index (κ3) is 3.84. The van der Waals surface area contributed by atoms with E-state index in [1.807, 2.05) is 0 Å². The molecule has 2 rings (SSSR count). The SMILES string of the molecule is Cc1nn(CC(C)C)cc1S(=O)(=O)N(C)Cc1c(Br)cnn1C. The zero-order valence-electron chi connectivity index (χ0n) is 14.0. The van der Waals surface area contributed by atoms with Crippen LogP contribution in [0.2, 0.25) is 0 Å². The average Bonchev–Trinajstić information content (AvgIpc) is 2.95. The van der Waals surface area contributed by atoms with Gasteiger partial charge in [0.1, 0.15) is 4.90 Å². The molecule has 0 N–H and O–H groups in total. The molecule has 0 aliphatic rings. The van der Waals surface area contributed by atoms with Crippen molar-refractivity contribution in [3.8, 4) is 0 Å². The van der Waals surface area contributed by atoms with E-state index < -0.39 is 10.0 Å². The second-order valence-electron chi connectivity index (χ2n) is 6.02. The Labute approximate surface area is 145 Å². The molecule has 0 saturated heterocycles. The summed E-state index contributed by atoms with van der Waals surface area (Å²) in [5.74, 6) is 0.396. The molecule has 0 aliphatic carbocycles. The van der Waals surface area contributed by atoms with Crippen LogP contribution in [0.1, 0.15) is 25.2 Å². The molecule has 9 heteroatoms. The van der Waals surface area contributed by atoms with Crippen molar-refractivity contribution in [2.45, 2.75) is 38.8 Å². The van der Waals surface area contributed by atoms with Gasteiger partial charge in [0.05, 0.1) is 28.6 Å². The minimum atomic E-state index is -3.61. The van der Waals surface area contributed by atoms with Crippen LogP contribution in [-0.2, 0) is 30.2 Å². The molecule has 0 aliphatic heterocycles. The molecule has 128 valence electrons. The third-order valence-electron chi connectivity index (χ3n) is 3.52. The van der Waals surface area contributed by atoms with E-state index in [1.54, 1.807) is 42.8 Å². The maximum atomic E-state index is 12.8. The molecule has 7 nitrogen and oxygen atoms in total. The van der Waals surface area contributed by atoms with Gasteiger partial charge in [-0.05, 0) is 28.8 Å². The summed E-state index contributed by atoms with van der Waals surface area (Å²) in [5, 5.41) is 8.43. The molecule has 0 atom stereocenters. The molecule has 2 aromatic heterocycles. The Balaban J connectivity index is 2.29. The molecule has 0 fully saturated rings. The zero-order valence-corrected chi connectivity index (χ0v) is 16.4. The van der Waals surface area contributed by atoms with Gasteiger partial charge in [-0.1, -0.05) is 13.8 Å². The summed E-state index contributed by atoms with van der Waals surface area (Å²) in [4.78, 5) is 0.249. The first-order valence-corrected chi connectivity index (χ1v) is 9.53. The summed E-state index contributed by atoms with van der Waals surface area (Å²) in [6.07, 6.45) is 3.27. The first kappa shape index (κ1) is 18.2. The fourth-order valence-corrected chi connectivity index (χ4v) is 4.07. The smallest absolute Gasteiger partial charge is 0.246 e. The van der Waals surface area contributed by atoms with Crippen LogP contribution in [0, 0.1) is 12.8 Å². The van der Waals surface area contributed by atoms with E-state index in [0.717, 1.165) is 10.2 Å². The van der Waals surface area contributed by atoms with Crippen LogP contribution >= 0.6 is 15.9 Å². The minimum Gasteiger partial charge on any atom is -0.271 e. The Bertz CT molecular complexity index is 775. The molecule has 23 heavy (non-hydrogen) atoms. The standard InChI is InChI=1S/C14H22BrN5O2S/c1-10(2)7-20-9-14(11(3)17-20)23(21,22)18(4)8-13-12(15)6-16-19(13)5/h6,9-10H,7-8H2,1-5H3. The van der Waals surface area contributed by atoms with Gasteiger partial charge in [0.25, 0.3) is 0 Å². The molecular formula is C14H22BrN5O2S. The molecule has 0 unspecified atom stereocenters. The van der Waals surface area contributed by atoms with E-state index in [4.69, 9.17) is 0 Å². The highest BCUT2D eigenvalue weighted by Gasteiger charge is 2.27. The predicted molar refractivity (Wildman–Crippen MR) is 91.4 cm³/mol. The lowest BCUT2D eigenvalue weighted by atomic mass is 10.2. The van der Waals surface area contributed by atoms with Crippen molar-refractivity contribution in [3.63, 3.8) is 0 Å².